The number of benzene rings is 3. The number of halogens is 1. The fourth-order valence-corrected chi connectivity index (χ4v) is 4.67. The van der Waals surface area contributed by atoms with Gasteiger partial charge >= 0.3 is 6.03 Å². The standard InChI is InChI=1S/C29H31ClN4O3/c1-29(2,3)33-26(35)18-34-25-12-8-7-11-22(25)23(19-9-5-4-6-10-19)17-24(27(34)36)32-28(37)31-21-15-13-20(30)14-16-21/h4-16,23-24H,17-18H2,1-3H3,(H,33,35)(H2,31,32,37). The van der Waals surface area contributed by atoms with E-state index in [4.69, 9.17) is 11.6 Å². The number of carbonyl (C=O) groups is 3. The highest BCUT2D eigenvalue weighted by molar-refractivity contribution is 6.30. The SMILES string of the molecule is CC(C)(C)NC(=O)CN1C(=O)C(NC(=O)Nc2ccc(Cl)cc2)CC(c2ccccc2)c2ccccc21. The van der Waals surface area contributed by atoms with Gasteiger partial charge in [-0.15, -0.1) is 0 Å². The van der Waals surface area contributed by atoms with Crippen LogP contribution in [0.25, 0.3) is 0 Å². The van der Waals surface area contributed by atoms with Gasteiger partial charge < -0.3 is 20.9 Å². The van der Waals surface area contributed by atoms with Crippen molar-refractivity contribution in [3.8, 4) is 0 Å². The van der Waals surface area contributed by atoms with E-state index in [0.29, 0.717) is 22.8 Å². The summed E-state index contributed by atoms with van der Waals surface area (Å²) in [5, 5.41) is 9.10. The van der Waals surface area contributed by atoms with Gasteiger partial charge in [0.2, 0.25) is 11.8 Å². The zero-order valence-corrected chi connectivity index (χ0v) is 21.9. The molecule has 1 heterocycles. The van der Waals surface area contributed by atoms with Crippen LogP contribution in [-0.4, -0.2) is 36.0 Å². The number of carbonyl (C=O) groups excluding carboxylic acids is 3. The lowest BCUT2D eigenvalue weighted by Crippen LogP contribution is -2.53. The molecule has 0 bridgehead atoms. The first-order valence-electron chi connectivity index (χ1n) is 12.2. The smallest absolute Gasteiger partial charge is 0.319 e. The first-order valence-corrected chi connectivity index (χ1v) is 12.6. The van der Waals surface area contributed by atoms with E-state index in [2.05, 4.69) is 16.0 Å². The van der Waals surface area contributed by atoms with Crippen LogP contribution in [0.4, 0.5) is 16.2 Å². The molecule has 0 spiro atoms. The Morgan fingerprint density at radius 3 is 2.27 bits per heavy atom. The Bertz CT molecular complexity index is 1270. The molecular weight excluding hydrogens is 488 g/mol. The first-order chi connectivity index (χ1) is 17.6. The molecule has 2 unspecified atom stereocenters. The second-order valence-electron chi connectivity index (χ2n) is 10.1. The number of hydrogen-bond acceptors (Lipinski definition) is 3. The summed E-state index contributed by atoms with van der Waals surface area (Å²) >= 11 is 5.95. The molecule has 2 atom stereocenters. The third-order valence-electron chi connectivity index (χ3n) is 6.06. The lowest BCUT2D eigenvalue weighted by atomic mass is 9.86. The maximum absolute atomic E-state index is 13.9. The second kappa shape index (κ2) is 11.0. The maximum atomic E-state index is 13.9. The predicted octanol–water partition coefficient (Wildman–Crippen LogP) is 5.31. The molecular formula is C29H31ClN4O3. The van der Waals surface area contributed by atoms with Gasteiger partial charge in [-0.2, -0.15) is 0 Å². The molecule has 3 N–H and O–H groups in total. The molecule has 4 amide bonds. The molecule has 192 valence electrons. The molecule has 0 saturated carbocycles. The van der Waals surface area contributed by atoms with E-state index in [-0.39, 0.29) is 24.3 Å². The van der Waals surface area contributed by atoms with E-state index in [0.717, 1.165) is 11.1 Å². The highest BCUT2D eigenvalue weighted by Gasteiger charge is 2.37. The monoisotopic (exact) mass is 518 g/mol. The molecule has 1 aliphatic rings. The highest BCUT2D eigenvalue weighted by Crippen LogP contribution is 2.39. The number of anilines is 2. The van der Waals surface area contributed by atoms with Gasteiger partial charge in [-0.3, -0.25) is 9.59 Å². The molecule has 0 fully saturated rings. The Morgan fingerprint density at radius 1 is 0.946 bits per heavy atom. The van der Waals surface area contributed by atoms with Gasteiger partial charge in [0.05, 0.1) is 0 Å². The Labute approximate surface area is 222 Å². The van der Waals surface area contributed by atoms with Crippen LogP contribution in [0.5, 0.6) is 0 Å². The van der Waals surface area contributed by atoms with Crippen LogP contribution in [0, 0.1) is 0 Å². The van der Waals surface area contributed by atoms with E-state index in [1.807, 2.05) is 75.4 Å². The number of nitrogens with zero attached hydrogens (tertiary/aromatic N) is 1. The van der Waals surface area contributed by atoms with Crippen LogP contribution in [0.3, 0.4) is 0 Å². The second-order valence-corrected chi connectivity index (χ2v) is 10.6. The summed E-state index contributed by atoms with van der Waals surface area (Å²) < 4.78 is 0. The van der Waals surface area contributed by atoms with E-state index >= 15 is 0 Å². The van der Waals surface area contributed by atoms with Gasteiger partial charge in [0, 0.05) is 27.9 Å². The lowest BCUT2D eigenvalue weighted by Gasteiger charge is -2.28. The summed E-state index contributed by atoms with van der Waals surface area (Å²) in [5.74, 6) is -0.794. The Kier molecular flexibility index (Phi) is 7.83. The minimum absolute atomic E-state index is 0.161. The summed E-state index contributed by atoms with van der Waals surface area (Å²) in [4.78, 5) is 41.3. The summed E-state index contributed by atoms with van der Waals surface area (Å²) in [6.07, 6.45) is 0.339. The minimum Gasteiger partial charge on any atom is -0.350 e. The van der Waals surface area contributed by atoms with Crippen LogP contribution in [-0.2, 0) is 9.59 Å². The van der Waals surface area contributed by atoms with Crippen LogP contribution < -0.4 is 20.9 Å². The Balaban J connectivity index is 1.68. The molecule has 0 radical (unpaired) electrons. The zero-order chi connectivity index (χ0) is 26.6. The normalized spacial score (nSPS) is 17.4. The number of nitrogens with one attached hydrogen (secondary N) is 3. The van der Waals surface area contributed by atoms with Crippen molar-refractivity contribution in [3.63, 3.8) is 0 Å². The van der Waals surface area contributed by atoms with Gasteiger partial charge in [-0.1, -0.05) is 60.1 Å². The summed E-state index contributed by atoms with van der Waals surface area (Å²) in [7, 11) is 0. The quantitative estimate of drug-likeness (QED) is 0.427. The van der Waals surface area contributed by atoms with E-state index in [1.165, 1.54) is 4.90 Å². The highest BCUT2D eigenvalue weighted by atomic mass is 35.5. The van der Waals surface area contributed by atoms with E-state index in [9.17, 15) is 14.4 Å². The molecule has 8 heteroatoms. The van der Waals surface area contributed by atoms with Gasteiger partial charge in [0.25, 0.3) is 0 Å². The number of para-hydroxylation sites is 1. The van der Waals surface area contributed by atoms with Crippen molar-refractivity contribution in [1.82, 2.24) is 10.6 Å². The molecule has 4 rings (SSSR count). The van der Waals surface area contributed by atoms with E-state index in [1.54, 1.807) is 24.3 Å². The van der Waals surface area contributed by atoms with Crippen molar-refractivity contribution in [1.29, 1.82) is 0 Å². The first kappa shape index (κ1) is 26.2. The van der Waals surface area contributed by atoms with Crippen molar-refractivity contribution in [2.45, 2.75) is 44.7 Å². The molecule has 1 aliphatic heterocycles. The molecule has 37 heavy (non-hydrogen) atoms. The number of fused-ring (bicyclic) bond motifs is 1. The number of hydrogen-bond donors (Lipinski definition) is 3. The predicted molar refractivity (Wildman–Crippen MR) is 147 cm³/mol. The third kappa shape index (κ3) is 6.68. The summed E-state index contributed by atoms with van der Waals surface area (Å²) in [6, 6.07) is 22.8. The van der Waals surface area contributed by atoms with Crippen LogP contribution in [0.2, 0.25) is 5.02 Å². The number of rotatable bonds is 5. The molecule has 7 nitrogen and oxygen atoms in total. The van der Waals surface area contributed by atoms with Crippen LogP contribution in [0.15, 0.2) is 78.9 Å². The lowest BCUT2D eigenvalue weighted by molar-refractivity contribution is -0.125. The topological polar surface area (TPSA) is 90.5 Å². The van der Waals surface area contributed by atoms with Gasteiger partial charge in [0.15, 0.2) is 0 Å². The largest absolute Gasteiger partial charge is 0.350 e. The minimum atomic E-state index is -0.868. The fourth-order valence-electron chi connectivity index (χ4n) is 4.54. The van der Waals surface area contributed by atoms with Gasteiger partial charge in [-0.25, -0.2) is 4.79 Å². The molecule has 0 aromatic heterocycles. The van der Waals surface area contributed by atoms with Gasteiger partial charge in [-0.05, 0) is 68.7 Å². The third-order valence-corrected chi connectivity index (χ3v) is 6.32. The molecule has 3 aromatic carbocycles. The van der Waals surface area contributed by atoms with Crippen molar-refractivity contribution in [2.75, 3.05) is 16.8 Å². The van der Waals surface area contributed by atoms with Crippen molar-refractivity contribution in [2.24, 2.45) is 0 Å². The fraction of sp³-hybridized carbons (Fsp3) is 0.276. The number of amides is 4. The molecule has 3 aromatic rings. The average Bonchev–Trinajstić information content (AvgIpc) is 2.95. The van der Waals surface area contributed by atoms with E-state index < -0.39 is 17.6 Å². The average molecular weight is 519 g/mol. The van der Waals surface area contributed by atoms with Crippen molar-refractivity contribution >= 4 is 40.8 Å². The van der Waals surface area contributed by atoms with Crippen LogP contribution in [0.1, 0.15) is 44.2 Å². The molecule has 0 saturated heterocycles. The summed E-state index contributed by atoms with van der Waals surface area (Å²) in [6.45, 7) is 5.51. The Hall–Kier alpha value is -3.84. The summed E-state index contributed by atoms with van der Waals surface area (Å²) in [5.41, 5.74) is 2.70. The Morgan fingerprint density at radius 2 is 1.59 bits per heavy atom. The van der Waals surface area contributed by atoms with Crippen LogP contribution >= 0.6 is 11.6 Å². The number of urea groups is 1. The van der Waals surface area contributed by atoms with Crippen molar-refractivity contribution in [3.05, 3.63) is 95.0 Å². The zero-order valence-electron chi connectivity index (χ0n) is 21.1. The van der Waals surface area contributed by atoms with Crippen molar-refractivity contribution < 1.29 is 14.4 Å². The molecule has 0 aliphatic carbocycles. The van der Waals surface area contributed by atoms with Gasteiger partial charge in [0.1, 0.15) is 12.6 Å². The maximum Gasteiger partial charge on any atom is 0.319 e.